The third-order valence-electron chi connectivity index (χ3n) is 7.27. The summed E-state index contributed by atoms with van der Waals surface area (Å²) in [5, 5.41) is 0. The number of hydrogen-bond donors (Lipinski definition) is 0. The predicted molar refractivity (Wildman–Crippen MR) is 130 cm³/mol. The first-order valence-electron chi connectivity index (χ1n) is 12.6. The van der Waals surface area contributed by atoms with Crippen LogP contribution in [0.15, 0.2) is 23.8 Å². The van der Waals surface area contributed by atoms with Crippen LogP contribution in [-0.4, -0.2) is 54.4 Å². The van der Waals surface area contributed by atoms with Crippen molar-refractivity contribution in [3.8, 4) is 17.2 Å². The highest BCUT2D eigenvalue weighted by Crippen LogP contribution is 2.47. The zero-order valence-corrected chi connectivity index (χ0v) is 21.0. The van der Waals surface area contributed by atoms with Crippen LogP contribution in [0.25, 0.3) is 0 Å². The first-order valence-corrected chi connectivity index (χ1v) is 12.6. The molecule has 0 aromatic heterocycles. The van der Waals surface area contributed by atoms with Gasteiger partial charge >= 0.3 is 0 Å². The summed E-state index contributed by atoms with van der Waals surface area (Å²) in [5.41, 5.74) is 1.78. The predicted octanol–water partition coefficient (Wildman–Crippen LogP) is 5.61. The van der Waals surface area contributed by atoms with Crippen LogP contribution in [-0.2, 0) is 0 Å². The molecule has 1 amide bonds. The zero-order chi connectivity index (χ0) is 23.6. The van der Waals surface area contributed by atoms with E-state index in [0.717, 1.165) is 31.8 Å². The number of rotatable bonds is 7. The highest BCUT2D eigenvalue weighted by molar-refractivity contribution is 5.96. The van der Waals surface area contributed by atoms with Crippen molar-refractivity contribution in [1.82, 2.24) is 9.80 Å². The van der Waals surface area contributed by atoms with Crippen molar-refractivity contribution in [3.63, 3.8) is 0 Å². The summed E-state index contributed by atoms with van der Waals surface area (Å²) in [6.07, 6.45) is 11.1. The van der Waals surface area contributed by atoms with Gasteiger partial charge in [0, 0.05) is 39.0 Å². The van der Waals surface area contributed by atoms with Crippen molar-refractivity contribution in [3.05, 3.63) is 29.3 Å². The molecule has 4 rings (SSSR count). The maximum atomic E-state index is 14.0. The van der Waals surface area contributed by atoms with Crippen LogP contribution in [0.2, 0.25) is 0 Å². The SMILES string of the molecule is C/C=C(\C)CN(C(=O)c1cc(OC)c2c(c1)OC(C)(C)O2)C1CCCN1CC1CCCCC1. The molecule has 0 radical (unpaired) electrons. The lowest BCUT2D eigenvalue weighted by Crippen LogP contribution is -2.49. The maximum Gasteiger partial charge on any atom is 0.255 e. The molecule has 33 heavy (non-hydrogen) atoms. The average Bonchev–Trinajstić information content (AvgIpc) is 3.38. The highest BCUT2D eigenvalue weighted by Gasteiger charge is 2.38. The lowest BCUT2D eigenvalue weighted by atomic mass is 9.89. The minimum atomic E-state index is -0.777. The van der Waals surface area contributed by atoms with Gasteiger partial charge in [-0.15, -0.1) is 0 Å². The molecule has 1 aromatic carbocycles. The lowest BCUT2D eigenvalue weighted by molar-refractivity contribution is -0.0439. The first kappa shape index (κ1) is 23.9. The van der Waals surface area contributed by atoms with Gasteiger partial charge in [-0.3, -0.25) is 9.69 Å². The van der Waals surface area contributed by atoms with Gasteiger partial charge < -0.3 is 19.1 Å². The summed E-state index contributed by atoms with van der Waals surface area (Å²) in [7, 11) is 1.60. The molecule has 1 unspecified atom stereocenters. The molecule has 1 aliphatic carbocycles. The average molecular weight is 457 g/mol. The van der Waals surface area contributed by atoms with E-state index in [-0.39, 0.29) is 12.1 Å². The van der Waals surface area contributed by atoms with Crippen molar-refractivity contribution in [1.29, 1.82) is 0 Å². The van der Waals surface area contributed by atoms with E-state index in [0.29, 0.717) is 29.4 Å². The quantitative estimate of drug-likeness (QED) is 0.499. The molecule has 2 heterocycles. The van der Waals surface area contributed by atoms with Gasteiger partial charge in [0.05, 0.1) is 13.3 Å². The second-order valence-corrected chi connectivity index (χ2v) is 10.3. The molecule has 1 saturated carbocycles. The monoisotopic (exact) mass is 456 g/mol. The van der Waals surface area contributed by atoms with Crippen LogP contribution >= 0.6 is 0 Å². The zero-order valence-electron chi connectivity index (χ0n) is 21.0. The fourth-order valence-corrected chi connectivity index (χ4v) is 5.47. The van der Waals surface area contributed by atoms with E-state index < -0.39 is 5.79 Å². The van der Waals surface area contributed by atoms with E-state index >= 15 is 0 Å². The van der Waals surface area contributed by atoms with Gasteiger partial charge in [-0.1, -0.05) is 30.9 Å². The summed E-state index contributed by atoms with van der Waals surface area (Å²) in [6, 6.07) is 3.61. The smallest absolute Gasteiger partial charge is 0.255 e. The second-order valence-electron chi connectivity index (χ2n) is 10.3. The van der Waals surface area contributed by atoms with Crippen LogP contribution in [0, 0.1) is 5.92 Å². The Labute approximate surface area is 198 Å². The van der Waals surface area contributed by atoms with E-state index in [1.54, 1.807) is 13.2 Å². The fraction of sp³-hybridized carbons (Fsp3) is 0.667. The third kappa shape index (κ3) is 5.32. The van der Waals surface area contributed by atoms with Crippen molar-refractivity contribution in [2.75, 3.05) is 26.7 Å². The van der Waals surface area contributed by atoms with E-state index in [4.69, 9.17) is 14.2 Å². The Morgan fingerprint density at radius 3 is 2.64 bits per heavy atom. The van der Waals surface area contributed by atoms with Crippen LogP contribution in [0.3, 0.4) is 0 Å². The van der Waals surface area contributed by atoms with E-state index in [9.17, 15) is 4.79 Å². The largest absolute Gasteiger partial charge is 0.493 e. The molecule has 6 heteroatoms. The highest BCUT2D eigenvalue weighted by atomic mass is 16.7. The van der Waals surface area contributed by atoms with Crippen LogP contribution in [0.5, 0.6) is 17.2 Å². The van der Waals surface area contributed by atoms with Crippen molar-refractivity contribution in [2.45, 2.75) is 84.6 Å². The Kier molecular flexibility index (Phi) is 7.22. The molecule has 0 bridgehead atoms. The molecule has 6 nitrogen and oxygen atoms in total. The number of methoxy groups -OCH3 is 1. The molecule has 0 spiro atoms. The normalized spacial score (nSPS) is 23.1. The number of benzene rings is 1. The number of ether oxygens (including phenoxy) is 3. The van der Waals surface area contributed by atoms with Gasteiger partial charge in [0.1, 0.15) is 0 Å². The first-order chi connectivity index (χ1) is 15.8. The topological polar surface area (TPSA) is 51.2 Å². The minimum absolute atomic E-state index is 0.0196. The molecular formula is C27H40N2O4. The number of likely N-dealkylation sites (tertiary alicyclic amines) is 1. The number of amides is 1. The van der Waals surface area contributed by atoms with Crippen molar-refractivity contribution < 1.29 is 19.0 Å². The Balaban J connectivity index is 1.61. The van der Waals surface area contributed by atoms with Gasteiger partial charge in [0.25, 0.3) is 5.91 Å². The Hall–Kier alpha value is -2.21. The number of hydrogen-bond acceptors (Lipinski definition) is 5. The summed E-state index contributed by atoms with van der Waals surface area (Å²) >= 11 is 0. The molecular weight excluding hydrogens is 416 g/mol. The molecule has 1 saturated heterocycles. The van der Waals surface area contributed by atoms with Crippen molar-refractivity contribution in [2.24, 2.45) is 5.92 Å². The summed E-state index contributed by atoms with van der Waals surface area (Å²) in [5.74, 6) is 1.67. The van der Waals surface area contributed by atoms with E-state index in [1.807, 2.05) is 26.8 Å². The van der Waals surface area contributed by atoms with Gasteiger partial charge in [-0.25, -0.2) is 0 Å². The van der Waals surface area contributed by atoms with Crippen LogP contribution in [0.4, 0.5) is 0 Å². The number of carbonyl (C=O) groups excluding carboxylic acids is 1. The minimum Gasteiger partial charge on any atom is -0.493 e. The number of allylic oxidation sites excluding steroid dienone is 1. The van der Waals surface area contributed by atoms with Gasteiger partial charge in [-0.05, 0) is 57.6 Å². The number of carbonyl (C=O) groups is 1. The molecule has 0 N–H and O–H groups in total. The Bertz CT molecular complexity index is 888. The molecule has 1 atom stereocenters. The maximum absolute atomic E-state index is 14.0. The second kappa shape index (κ2) is 9.96. The third-order valence-corrected chi connectivity index (χ3v) is 7.27. The number of fused-ring (bicyclic) bond motifs is 1. The Morgan fingerprint density at radius 1 is 1.18 bits per heavy atom. The van der Waals surface area contributed by atoms with Gasteiger partial charge in [0.15, 0.2) is 11.5 Å². The lowest BCUT2D eigenvalue weighted by Gasteiger charge is -2.38. The van der Waals surface area contributed by atoms with E-state index in [2.05, 4.69) is 22.8 Å². The van der Waals surface area contributed by atoms with Gasteiger partial charge in [0.2, 0.25) is 11.5 Å². The molecule has 1 aromatic rings. The Morgan fingerprint density at radius 2 is 1.94 bits per heavy atom. The molecule has 2 aliphatic heterocycles. The number of nitrogens with zero attached hydrogens (tertiary/aromatic N) is 2. The summed E-state index contributed by atoms with van der Waals surface area (Å²) in [4.78, 5) is 18.6. The summed E-state index contributed by atoms with van der Waals surface area (Å²) < 4.78 is 17.4. The molecule has 3 aliphatic rings. The fourth-order valence-electron chi connectivity index (χ4n) is 5.47. The van der Waals surface area contributed by atoms with Crippen LogP contribution < -0.4 is 14.2 Å². The molecule has 182 valence electrons. The van der Waals surface area contributed by atoms with Crippen LogP contribution in [0.1, 0.15) is 83.0 Å². The standard InChI is InChI=1S/C27H40N2O4/c1-6-19(2)17-29(24-13-10-14-28(24)18-20-11-8-7-9-12-20)26(30)21-15-22(31-5)25-23(16-21)32-27(3,4)33-25/h6,15-16,20,24H,7-14,17-18H2,1-5H3/b19-6+. The molecule has 2 fully saturated rings. The summed E-state index contributed by atoms with van der Waals surface area (Å²) in [6.45, 7) is 10.7. The van der Waals surface area contributed by atoms with E-state index in [1.165, 1.54) is 37.7 Å². The van der Waals surface area contributed by atoms with Gasteiger partial charge in [-0.2, -0.15) is 0 Å². The van der Waals surface area contributed by atoms with Crippen molar-refractivity contribution >= 4 is 5.91 Å².